The molecule has 172 valence electrons. The maximum atomic E-state index is 13.1. The van der Waals surface area contributed by atoms with E-state index in [9.17, 15) is 26.3 Å². The van der Waals surface area contributed by atoms with E-state index < -0.39 is 29.9 Å². The van der Waals surface area contributed by atoms with Gasteiger partial charge in [0.05, 0.1) is 17.5 Å². The molecule has 1 fully saturated rings. The number of hydrogen-bond donors (Lipinski definition) is 1. The molecule has 0 aliphatic carbocycles. The predicted octanol–water partition coefficient (Wildman–Crippen LogP) is 5.03. The lowest BCUT2D eigenvalue weighted by Gasteiger charge is -2.30. The molecule has 1 aliphatic rings. The average Bonchev–Trinajstić information content (AvgIpc) is 3.17. The van der Waals surface area contributed by atoms with Crippen molar-refractivity contribution < 1.29 is 26.3 Å². The lowest BCUT2D eigenvalue weighted by molar-refractivity contribution is -0.138. The smallest absolute Gasteiger partial charge is 0.350 e. The second kappa shape index (κ2) is 8.27. The number of piperidine rings is 1. The molecule has 1 aromatic carbocycles. The van der Waals surface area contributed by atoms with Crippen molar-refractivity contribution in [2.75, 3.05) is 25.5 Å². The zero-order chi connectivity index (χ0) is 23.1. The molecule has 0 bridgehead atoms. The summed E-state index contributed by atoms with van der Waals surface area (Å²) in [6.07, 6.45) is -7.30. The minimum Gasteiger partial charge on any atom is -0.350 e. The third-order valence-corrected chi connectivity index (χ3v) is 5.50. The van der Waals surface area contributed by atoms with E-state index >= 15 is 0 Å². The SMILES string of the molecule is CN1CCC[C@@H](Nc2nnc(-c3ccc(C(F)(F)F)cc3CC(F)(F)F)c3cccn23)C1. The van der Waals surface area contributed by atoms with Gasteiger partial charge in [0.1, 0.15) is 5.69 Å². The molecule has 1 N–H and O–H groups in total. The molecule has 1 aliphatic heterocycles. The standard InChI is InChI=1S/C21H21F6N5/c1-31-8-2-4-15(12-31)28-19-30-29-18(17-5-3-9-32(17)19)16-7-6-14(21(25,26)27)10-13(16)11-20(22,23)24/h3,5-7,9-10,15H,2,4,8,11-12H2,1H3,(H,28,30)/t15-/m1/s1. The topological polar surface area (TPSA) is 45.5 Å². The molecule has 32 heavy (non-hydrogen) atoms. The number of benzene rings is 1. The predicted molar refractivity (Wildman–Crippen MR) is 107 cm³/mol. The van der Waals surface area contributed by atoms with Crippen molar-refractivity contribution in [1.82, 2.24) is 19.5 Å². The Hall–Kier alpha value is -2.82. The summed E-state index contributed by atoms with van der Waals surface area (Å²) in [5, 5.41) is 11.6. The van der Waals surface area contributed by atoms with Crippen LogP contribution in [-0.2, 0) is 12.6 Å². The zero-order valence-electron chi connectivity index (χ0n) is 17.1. The Morgan fingerprint density at radius 1 is 1.09 bits per heavy atom. The second-order valence-corrected chi connectivity index (χ2v) is 8.04. The summed E-state index contributed by atoms with van der Waals surface area (Å²) in [6.45, 7) is 1.80. The number of likely N-dealkylation sites (tertiary alicyclic amines) is 1. The van der Waals surface area contributed by atoms with Gasteiger partial charge >= 0.3 is 12.4 Å². The van der Waals surface area contributed by atoms with E-state index in [0.717, 1.165) is 38.1 Å². The van der Waals surface area contributed by atoms with Crippen molar-refractivity contribution in [1.29, 1.82) is 0 Å². The van der Waals surface area contributed by atoms with E-state index in [1.54, 1.807) is 22.7 Å². The summed E-state index contributed by atoms with van der Waals surface area (Å²) < 4.78 is 80.4. The van der Waals surface area contributed by atoms with Crippen molar-refractivity contribution in [2.24, 2.45) is 0 Å². The van der Waals surface area contributed by atoms with Gasteiger partial charge in [-0.1, -0.05) is 6.07 Å². The molecule has 2 aromatic heterocycles. The molecule has 0 unspecified atom stereocenters. The van der Waals surface area contributed by atoms with Crippen LogP contribution < -0.4 is 5.32 Å². The van der Waals surface area contributed by atoms with Crippen molar-refractivity contribution in [3.8, 4) is 11.3 Å². The van der Waals surface area contributed by atoms with Gasteiger partial charge in [0, 0.05) is 24.3 Å². The molecule has 0 spiro atoms. The Bertz CT molecular complexity index is 1100. The van der Waals surface area contributed by atoms with Crippen molar-refractivity contribution >= 4 is 11.5 Å². The quantitative estimate of drug-likeness (QED) is 0.559. The summed E-state index contributed by atoms with van der Waals surface area (Å²) >= 11 is 0. The van der Waals surface area contributed by atoms with E-state index in [-0.39, 0.29) is 17.3 Å². The first kappa shape index (κ1) is 22.4. The lowest BCUT2D eigenvalue weighted by atomic mass is 9.98. The van der Waals surface area contributed by atoms with E-state index in [0.29, 0.717) is 17.5 Å². The zero-order valence-corrected chi connectivity index (χ0v) is 17.1. The summed E-state index contributed by atoms with van der Waals surface area (Å²) in [5.74, 6) is 0.429. The van der Waals surface area contributed by atoms with Crippen LogP contribution in [0.25, 0.3) is 16.8 Å². The van der Waals surface area contributed by atoms with Crippen molar-refractivity contribution in [3.63, 3.8) is 0 Å². The molecular formula is C21H21F6N5. The number of aromatic nitrogens is 3. The highest BCUT2D eigenvalue weighted by Gasteiger charge is 2.34. The van der Waals surface area contributed by atoms with Gasteiger partial charge in [-0.3, -0.25) is 4.40 Å². The number of nitrogens with zero attached hydrogens (tertiary/aromatic N) is 4. The number of hydrogen-bond acceptors (Lipinski definition) is 4. The van der Waals surface area contributed by atoms with Crippen LogP contribution in [0.2, 0.25) is 0 Å². The second-order valence-electron chi connectivity index (χ2n) is 8.04. The fourth-order valence-corrected chi connectivity index (χ4v) is 4.08. The average molecular weight is 457 g/mol. The normalized spacial score (nSPS) is 18.3. The third kappa shape index (κ3) is 4.82. The van der Waals surface area contributed by atoms with Crippen LogP contribution in [0, 0.1) is 0 Å². The minimum atomic E-state index is -4.75. The number of fused-ring (bicyclic) bond motifs is 1. The highest BCUT2D eigenvalue weighted by Crippen LogP contribution is 2.36. The Balaban J connectivity index is 1.76. The van der Waals surface area contributed by atoms with Gasteiger partial charge in [-0.25, -0.2) is 0 Å². The van der Waals surface area contributed by atoms with E-state index in [4.69, 9.17) is 0 Å². The van der Waals surface area contributed by atoms with E-state index in [1.807, 2.05) is 7.05 Å². The largest absolute Gasteiger partial charge is 0.416 e. The molecular weight excluding hydrogens is 436 g/mol. The molecule has 1 atom stereocenters. The molecule has 3 heterocycles. The molecule has 1 saturated heterocycles. The van der Waals surface area contributed by atoms with Crippen molar-refractivity contribution in [3.05, 3.63) is 47.7 Å². The van der Waals surface area contributed by atoms with Crippen LogP contribution in [0.1, 0.15) is 24.0 Å². The summed E-state index contributed by atoms with van der Waals surface area (Å²) in [6, 6.07) is 5.80. The fourth-order valence-electron chi connectivity index (χ4n) is 4.08. The number of anilines is 1. The lowest BCUT2D eigenvalue weighted by Crippen LogP contribution is -2.40. The monoisotopic (exact) mass is 457 g/mol. The van der Waals surface area contributed by atoms with E-state index in [2.05, 4.69) is 20.4 Å². The minimum absolute atomic E-state index is 0.0320. The van der Waals surface area contributed by atoms with Crippen molar-refractivity contribution in [2.45, 2.75) is 37.7 Å². The first-order chi connectivity index (χ1) is 15.0. The van der Waals surface area contributed by atoms with Crippen LogP contribution in [0.3, 0.4) is 0 Å². The van der Waals surface area contributed by atoms with Gasteiger partial charge in [-0.05, 0) is 56.3 Å². The summed E-state index contributed by atoms with van der Waals surface area (Å²) in [7, 11) is 2.01. The van der Waals surface area contributed by atoms with Crippen LogP contribution in [-0.4, -0.2) is 51.9 Å². The maximum absolute atomic E-state index is 13.1. The number of alkyl halides is 6. The summed E-state index contributed by atoms with van der Waals surface area (Å²) in [4.78, 5) is 2.18. The Kier molecular flexibility index (Phi) is 5.78. The van der Waals surface area contributed by atoms with Gasteiger partial charge in [0.15, 0.2) is 0 Å². The summed E-state index contributed by atoms with van der Waals surface area (Å²) in [5.41, 5.74) is -1.13. The van der Waals surface area contributed by atoms with Gasteiger partial charge in [0.25, 0.3) is 0 Å². The van der Waals surface area contributed by atoms with E-state index in [1.165, 1.54) is 0 Å². The highest BCUT2D eigenvalue weighted by molar-refractivity contribution is 5.80. The number of likely N-dealkylation sites (N-methyl/N-ethyl adjacent to an activating group) is 1. The number of rotatable bonds is 4. The molecule has 5 nitrogen and oxygen atoms in total. The van der Waals surface area contributed by atoms with Crippen LogP contribution in [0.4, 0.5) is 32.3 Å². The van der Waals surface area contributed by atoms with Gasteiger partial charge < -0.3 is 10.2 Å². The third-order valence-electron chi connectivity index (χ3n) is 5.50. The molecule has 3 aromatic rings. The molecule has 0 radical (unpaired) electrons. The maximum Gasteiger partial charge on any atom is 0.416 e. The highest BCUT2D eigenvalue weighted by atomic mass is 19.4. The molecule has 0 saturated carbocycles. The first-order valence-corrected chi connectivity index (χ1v) is 10.1. The molecule has 11 heteroatoms. The Morgan fingerprint density at radius 2 is 1.88 bits per heavy atom. The van der Waals surface area contributed by atoms with Crippen LogP contribution >= 0.6 is 0 Å². The Labute approximate surface area is 180 Å². The first-order valence-electron chi connectivity index (χ1n) is 10.1. The van der Waals surface area contributed by atoms with Gasteiger partial charge in [0.2, 0.25) is 5.95 Å². The number of halogens is 6. The number of nitrogens with one attached hydrogen (secondary N) is 1. The van der Waals surface area contributed by atoms with Gasteiger partial charge in [-0.15, -0.1) is 10.2 Å². The van der Waals surface area contributed by atoms with Crippen LogP contribution in [0.5, 0.6) is 0 Å². The fraction of sp³-hybridized carbons (Fsp3) is 0.429. The van der Waals surface area contributed by atoms with Gasteiger partial charge in [-0.2, -0.15) is 26.3 Å². The Morgan fingerprint density at radius 3 is 2.56 bits per heavy atom. The molecule has 0 amide bonds. The molecule has 4 rings (SSSR count). The van der Waals surface area contributed by atoms with Crippen LogP contribution in [0.15, 0.2) is 36.5 Å².